The quantitative estimate of drug-likeness (QED) is 0.546. The van der Waals surface area contributed by atoms with Gasteiger partial charge < -0.3 is 20.9 Å². The van der Waals surface area contributed by atoms with Crippen molar-refractivity contribution >= 4 is 17.8 Å². The molecule has 0 fully saturated rings. The number of hydrogen-bond donors (Lipinski definition) is 3. The van der Waals surface area contributed by atoms with Gasteiger partial charge in [-0.3, -0.25) is 4.79 Å². The van der Waals surface area contributed by atoms with Crippen LogP contribution in [-0.2, 0) is 0 Å². The fraction of sp³-hybridized carbons (Fsp3) is 0.320. The van der Waals surface area contributed by atoms with Gasteiger partial charge in [0.25, 0.3) is 5.91 Å². The Morgan fingerprint density at radius 1 is 1.31 bits per heavy atom. The minimum absolute atomic E-state index is 0.0255. The number of fused-ring (bicyclic) bond motifs is 1. The predicted octanol–water partition coefficient (Wildman–Crippen LogP) is 4.13. The van der Waals surface area contributed by atoms with Crippen LogP contribution in [0.25, 0.3) is 0 Å². The molecule has 0 saturated carbocycles. The molecule has 3 N–H and O–H groups in total. The van der Waals surface area contributed by atoms with Gasteiger partial charge in [-0.2, -0.15) is 5.26 Å². The van der Waals surface area contributed by atoms with Crippen molar-refractivity contribution in [3.05, 3.63) is 76.7 Å². The fourth-order valence-electron chi connectivity index (χ4n) is 4.23. The average Bonchev–Trinajstić information content (AvgIpc) is 2.79. The van der Waals surface area contributed by atoms with Gasteiger partial charge >= 0.3 is 0 Å². The zero-order chi connectivity index (χ0) is 23.3. The molecular formula is C25H28FN5O. The second kappa shape index (κ2) is 10.1. The van der Waals surface area contributed by atoms with Crippen molar-refractivity contribution in [3.63, 3.8) is 0 Å². The van der Waals surface area contributed by atoms with Crippen molar-refractivity contribution in [3.8, 4) is 6.07 Å². The summed E-state index contributed by atoms with van der Waals surface area (Å²) in [6.07, 6.45) is 3.04. The van der Waals surface area contributed by atoms with Crippen LogP contribution in [0.15, 0.2) is 54.2 Å². The second-order valence-corrected chi connectivity index (χ2v) is 8.25. The highest BCUT2D eigenvalue weighted by Crippen LogP contribution is 2.37. The number of carbonyl (C=O) groups is 1. The summed E-state index contributed by atoms with van der Waals surface area (Å²) in [4.78, 5) is 15.3. The minimum atomic E-state index is -0.560. The van der Waals surface area contributed by atoms with E-state index in [1.54, 1.807) is 19.3 Å². The van der Waals surface area contributed by atoms with E-state index >= 15 is 0 Å². The molecule has 32 heavy (non-hydrogen) atoms. The lowest BCUT2D eigenvalue weighted by Gasteiger charge is -2.43. The first-order chi connectivity index (χ1) is 15.4. The summed E-state index contributed by atoms with van der Waals surface area (Å²) in [6, 6.07) is 13.4. The molecule has 0 aliphatic carbocycles. The molecule has 7 heteroatoms. The molecule has 3 rings (SSSR count). The highest BCUT2D eigenvalue weighted by atomic mass is 19.1. The highest BCUT2D eigenvalue weighted by molar-refractivity contribution is 5.99. The Morgan fingerprint density at radius 3 is 2.72 bits per heavy atom. The van der Waals surface area contributed by atoms with Gasteiger partial charge in [0.15, 0.2) is 0 Å². The monoisotopic (exact) mass is 433 g/mol. The van der Waals surface area contributed by atoms with E-state index in [-0.39, 0.29) is 29.3 Å². The third kappa shape index (κ3) is 4.65. The number of benzene rings is 2. The number of halogens is 1. The molecule has 0 aromatic heterocycles. The van der Waals surface area contributed by atoms with Crippen LogP contribution >= 0.6 is 0 Å². The maximum absolute atomic E-state index is 13.7. The Bertz CT molecular complexity index is 1070. The number of nitriles is 1. The van der Waals surface area contributed by atoms with Crippen LogP contribution < -0.4 is 10.6 Å². The van der Waals surface area contributed by atoms with E-state index in [1.807, 2.05) is 35.2 Å². The van der Waals surface area contributed by atoms with E-state index in [9.17, 15) is 9.18 Å². The summed E-state index contributed by atoms with van der Waals surface area (Å²) in [5.74, 6) is -0.514. The first-order valence-electron chi connectivity index (χ1n) is 10.6. The number of nitrogens with one attached hydrogen (secondary N) is 3. The maximum Gasteiger partial charge on any atom is 0.254 e. The number of carbonyl (C=O) groups excluding carboxylic acids is 1. The van der Waals surface area contributed by atoms with E-state index < -0.39 is 5.82 Å². The van der Waals surface area contributed by atoms with Gasteiger partial charge in [-0.25, -0.2) is 4.39 Å². The summed E-state index contributed by atoms with van der Waals surface area (Å²) >= 11 is 0. The Morgan fingerprint density at radius 2 is 2.06 bits per heavy atom. The van der Waals surface area contributed by atoms with Gasteiger partial charge in [-0.05, 0) is 35.7 Å². The van der Waals surface area contributed by atoms with Crippen molar-refractivity contribution in [2.75, 3.05) is 25.5 Å². The third-order valence-corrected chi connectivity index (χ3v) is 5.56. The highest BCUT2D eigenvalue weighted by Gasteiger charge is 2.41. The SMILES string of the molecule is CN/C=C(\C=N)[C@@H]1C(CNc2ccc(F)c(C#N)c2)c2ccccc2C(=O)N1CC(C)C. The first kappa shape index (κ1) is 23.0. The van der Waals surface area contributed by atoms with Gasteiger partial charge in [0.05, 0.1) is 11.6 Å². The summed E-state index contributed by atoms with van der Waals surface area (Å²) in [5.41, 5.74) is 2.85. The van der Waals surface area contributed by atoms with Gasteiger partial charge in [0.1, 0.15) is 11.9 Å². The Kier molecular flexibility index (Phi) is 7.26. The molecule has 0 bridgehead atoms. The molecule has 1 heterocycles. The lowest BCUT2D eigenvalue weighted by Crippen LogP contribution is -2.52. The van der Waals surface area contributed by atoms with Crippen LogP contribution in [0.2, 0.25) is 0 Å². The Balaban J connectivity index is 2.06. The molecule has 2 aromatic rings. The van der Waals surface area contributed by atoms with Crippen molar-refractivity contribution in [2.24, 2.45) is 5.92 Å². The molecule has 1 unspecified atom stereocenters. The van der Waals surface area contributed by atoms with Crippen molar-refractivity contribution in [2.45, 2.75) is 25.8 Å². The molecular weight excluding hydrogens is 405 g/mol. The number of anilines is 1. The van der Waals surface area contributed by atoms with E-state index in [0.29, 0.717) is 29.9 Å². The summed E-state index contributed by atoms with van der Waals surface area (Å²) in [7, 11) is 1.77. The van der Waals surface area contributed by atoms with Crippen molar-refractivity contribution in [1.82, 2.24) is 10.2 Å². The number of amides is 1. The van der Waals surface area contributed by atoms with Crippen LogP contribution in [0.5, 0.6) is 0 Å². The summed E-state index contributed by atoms with van der Waals surface area (Å²) in [6.45, 7) is 5.12. The third-order valence-electron chi connectivity index (χ3n) is 5.56. The van der Waals surface area contributed by atoms with E-state index in [0.717, 1.165) is 5.56 Å². The van der Waals surface area contributed by atoms with Crippen LogP contribution in [-0.4, -0.2) is 43.2 Å². The fourth-order valence-corrected chi connectivity index (χ4v) is 4.23. The van der Waals surface area contributed by atoms with Gasteiger partial charge in [-0.1, -0.05) is 32.0 Å². The largest absolute Gasteiger partial charge is 0.394 e. The normalized spacial score (nSPS) is 18.2. The molecule has 0 saturated heterocycles. The van der Waals surface area contributed by atoms with E-state index in [1.165, 1.54) is 18.3 Å². The molecule has 1 aliphatic heterocycles. The maximum atomic E-state index is 13.7. The smallest absolute Gasteiger partial charge is 0.254 e. The summed E-state index contributed by atoms with van der Waals surface area (Å²) in [5, 5.41) is 23.5. The molecule has 2 aromatic carbocycles. The lowest BCUT2D eigenvalue weighted by atomic mass is 9.79. The zero-order valence-corrected chi connectivity index (χ0v) is 18.5. The van der Waals surface area contributed by atoms with Crippen LogP contribution in [0.3, 0.4) is 0 Å². The molecule has 6 nitrogen and oxygen atoms in total. The van der Waals surface area contributed by atoms with E-state index in [2.05, 4.69) is 24.5 Å². The number of hydrogen-bond acceptors (Lipinski definition) is 5. The Labute approximate surface area is 188 Å². The molecule has 166 valence electrons. The zero-order valence-electron chi connectivity index (χ0n) is 18.5. The van der Waals surface area contributed by atoms with Crippen LogP contribution in [0.4, 0.5) is 10.1 Å². The van der Waals surface area contributed by atoms with Crippen LogP contribution in [0.1, 0.15) is 41.3 Å². The molecule has 0 radical (unpaired) electrons. The first-order valence-corrected chi connectivity index (χ1v) is 10.6. The standard InChI is InChI=1S/C25H28FN5O/c1-16(2)15-31-24(18(12-28)13-29-3)22(20-6-4-5-7-21(20)25(31)32)14-30-19-8-9-23(26)17(10-19)11-27/h4-10,12-13,16,22,24,28-30H,14-15H2,1-3H3/b18-13+,28-12?/t22?,24-/m1/s1. The number of nitrogens with zero attached hydrogens (tertiary/aromatic N) is 2. The summed E-state index contributed by atoms with van der Waals surface area (Å²) < 4.78 is 13.7. The second-order valence-electron chi connectivity index (χ2n) is 8.25. The van der Waals surface area contributed by atoms with Gasteiger partial charge in [0.2, 0.25) is 0 Å². The van der Waals surface area contributed by atoms with Crippen molar-refractivity contribution < 1.29 is 9.18 Å². The predicted molar refractivity (Wildman–Crippen MR) is 124 cm³/mol. The Hall–Kier alpha value is -3.66. The topological polar surface area (TPSA) is 92.0 Å². The minimum Gasteiger partial charge on any atom is -0.394 e. The molecule has 1 aliphatic rings. The lowest BCUT2D eigenvalue weighted by molar-refractivity contribution is 0.0632. The molecule has 2 atom stereocenters. The molecule has 1 amide bonds. The van der Waals surface area contributed by atoms with E-state index in [4.69, 9.17) is 10.7 Å². The molecule has 0 spiro atoms. The number of rotatable bonds is 8. The average molecular weight is 434 g/mol. The van der Waals surface area contributed by atoms with Gasteiger partial charge in [0, 0.05) is 55.3 Å². The van der Waals surface area contributed by atoms with Crippen molar-refractivity contribution in [1.29, 1.82) is 10.7 Å². The van der Waals surface area contributed by atoms with Gasteiger partial charge in [-0.15, -0.1) is 0 Å². The van der Waals surface area contributed by atoms with Crippen LogP contribution in [0, 0.1) is 28.5 Å².